The molecule has 4 nitrogen and oxygen atoms in total. The first kappa shape index (κ1) is 14.5. The van der Waals surface area contributed by atoms with E-state index < -0.39 is 15.1 Å². The normalized spacial score (nSPS) is 21.3. The quantitative estimate of drug-likeness (QED) is 0.911. The molecule has 1 atom stereocenters. The molecule has 1 aromatic rings. The summed E-state index contributed by atoms with van der Waals surface area (Å²) in [6.45, 7) is 2.06. The van der Waals surface area contributed by atoms with Gasteiger partial charge in [0.2, 0.25) is 0 Å². The lowest BCUT2D eigenvalue weighted by Gasteiger charge is -2.12. The van der Waals surface area contributed by atoms with Gasteiger partial charge in [-0.15, -0.1) is 0 Å². The Morgan fingerprint density at radius 3 is 2.84 bits per heavy atom. The molecule has 0 saturated carbocycles. The molecule has 1 fully saturated rings. The van der Waals surface area contributed by atoms with Gasteiger partial charge in [-0.05, 0) is 37.5 Å². The van der Waals surface area contributed by atoms with Gasteiger partial charge >= 0.3 is 0 Å². The molecule has 2 rings (SSSR count). The number of rotatable bonds is 3. The third-order valence-corrected chi connectivity index (χ3v) is 6.17. The van der Waals surface area contributed by atoms with Crippen LogP contribution >= 0.6 is 15.9 Å². The van der Waals surface area contributed by atoms with Crippen LogP contribution in [0.15, 0.2) is 22.7 Å². The van der Waals surface area contributed by atoms with Crippen LogP contribution in [0.2, 0.25) is 0 Å². The minimum Gasteiger partial charge on any atom is -0.351 e. The second kappa shape index (κ2) is 5.63. The zero-order valence-corrected chi connectivity index (χ0v) is 13.1. The molecule has 1 N–H and O–H groups in total. The van der Waals surface area contributed by atoms with Crippen LogP contribution in [-0.4, -0.2) is 31.9 Å². The number of hydrogen-bond acceptors (Lipinski definition) is 3. The molecule has 0 aliphatic carbocycles. The zero-order chi connectivity index (χ0) is 14.0. The van der Waals surface area contributed by atoms with E-state index in [2.05, 4.69) is 21.2 Å². The predicted molar refractivity (Wildman–Crippen MR) is 78.0 cm³/mol. The molecule has 19 heavy (non-hydrogen) atoms. The van der Waals surface area contributed by atoms with Crippen LogP contribution in [0.4, 0.5) is 0 Å². The predicted octanol–water partition coefficient (Wildman–Crippen LogP) is 2.06. The monoisotopic (exact) mass is 345 g/mol. The van der Waals surface area contributed by atoms with Crippen molar-refractivity contribution in [3.63, 3.8) is 0 Å². The second-order valence-electron chi connectivity index (χ2n) is 4.80. The summed E-state index contributed by atoms with van der Waals surface area (Å²) in [7, 11) is -3.01. The van der Waals surface area contributed by atoms with Crippen molar-refractivity contribution in [3.05, 3.63) is 33.8 Å². The van der Waals surface area contributed by atoms with E-state index in [0.29, 0.717) is 18.4 Å². The Balaban J connectivity index is 2.04. The van der Waals surface area contributed by atoms with Crippen LogP contribution in [0.3, 0.4) is 0 Å². The lowest BCUT2D eigenvalue weighted by atomic mass is 10.1. The van der Waals surface area contributed by atoms with Crippen molar-refractivity contribution >= 4 is 31.7 Å². The number of nitrogens with one attached hydrogen (secondary N) is 1. The molecule has 0 radical (unpaired) electrons. The average molecular weight is 346 g/mol. The average Bonchev–Trinajstić information content (AvgIpc) is 2.68. The van der Waals surface area contributed by atoms with Crippen molar-refractivity contribution in [3.8, 4) is 0 Å². The number of aryl methyl sites for hydroxylation is 1. The molecule has 104 valence electrons. The van der Waals surface area contributed by atoms with Crippen molar-refractivity contribution in [1.82, 2.24) is 5.32 Å². The van der Waals surface area contributed by atoms with Crippen molar-refractivity contribution in [1.29, 1.82) is 0 Å². The van der Waals surface area contributed by atoms with E-state index in [-0.39, 0.29) is 18.2 Å². The minimum atomic E-state index is -3.01. The summed E-state index contributed by atoms with van der Waals surface area (Å²) in [5.41, 5.74) is 1.44. The Labute approximate surface area is 121 Å². The Bertz CT molecular complexity index is 598. The van der Waals surface area contributed by atoms with E-state index in [1.807, 2.05) is 19.1 Å². The maximum Gasteiger partial charge on any atom is 0.251 e. The van der Waals surface area contributed by atoms with Gasteiger partial charge in [0.25, 0.3) is 5.91 Å². The summed E-state index contributed by atoms with van der Waals surface area (Å²) in [6.07, 6.45) is 1.33. The number of carbonyl (C=O) groups is 1. The molecule has 1 heterocycles. The summed E-state index contributed by atoms with van der Waals surface area (Å²) in [6, 6.07) is 5.46. The van der Waals surface area contributed by atoms with Gasteiger partial charge in [0, 0.05) is 16.6 Å². The van der Waals surface area contributed by atoms with Crippen LogP contribution in [-0.2, 0) is 9.84 Å². The zero-order valence-electron chi connectivity index (χ0n) is 10.6. The van der Waals surface area contributed by atoms with Crippen LogP contribution in [0.5, 0.6) is 0 Å². The maximum atomic E-state index is 12.1. The highest BCUT2D eigenvalue weighted by Crippen LogP contribution is 2.20. The fraction of sp³-hybridized carbons (Fsp3) is 0.462. The first-order valence-corrected chi connectivity index (χ1v) is 8.67. The Morgan fingerprint density at radius 2 is 2.21 bits per heavy atom. The van der Waals surface area contributed by atoms with Gasteiger partial charge in [-0.2, -0.15) is 0 Å². The molecule has 1 saturated heterocycles. The summed E-state index contributed by atoms with van der Waals surface area (Å²) in [5, 5.41) is 2.30. The van der Waals surface area contributed by atoms with E-state index >= 15 is 0 Å². The lowest BCUT2D eigenvalue weighted by Crippen LogP contribution is -2.34. The van der Waals surface area contributed by atoms with Gasteiger partial charge in [0.1, 0.15) is 0 Å². The number of benzene rings is 1. The van der Waals surface area contributed by atoms with E-state index in [1.165, 1.54) is 0 Å². The standard InChI is InChI=1S/C13H16BrNO3S/c1-9-4-5-10(14)7-12(9)13(16)15-8-11-3-2-6-19(11,17)18/h4-5,7,11H,2-3,6,8H2,1H3,(H,15,16). The molecular weight excluding hydrogens is 330 g/mol. The summed E-state index contributed by atoms with van der Waals surface area (Å²) in [5.74, 6) is 0.0181. The van der Waals surface area contributed by atoms with Gasteiger partial charge in [-0.25, -0.2) is 8.42 Å². The highest BCUT2D eigenvalue weighted by molar-refractivity contribution is 9.10. The molecule has 0 spiro atoms. The third kappa shape index (κ3) is 3.36. The van der Waals surface area contributed by atoms with Crippen LogP contribution in [0, 0.1) is 6.92 Å². The molecule has 0 aromatic heterocycles. The van der Waals surface area contributed by atoms with E-state index in [1.54, 1.807) is 6.07 Å². The molecular formula is C13H16BrNO3S. The van der Waals surface area contributed by atoms with Crippen molar-refractivity contribution < 1.29 is 13.2 Å². The smallest absolute Gasteiger partial charge is 0.251 e. The summed E-state index contributed by atoms with van der Waals surface area (Å²) in [4.78, 5) is 12.1. The fourth-order valence-corrected chi connectivity index (χ4v) is 4.35. The topological polar surface area (TPSA) is 63.2 Å². The third-order valence-electron chi connectivity index (χ3n) is 3.40. The summed E-state index contributed by atoms with van der Waals surface area (Å²) >= 11 is 3.32. The molecule has 1 amide bonds. The van der Waals surface area contributed by atoms with Gasteiger partial charge < -0.3 is 5.32 Å². The van der Waals surface area contributed by atoms with E-state index in [9.17, 15) is 13.2 Å². The van der Waals surface area contributed by atoms with Crippen molar-refractivity contribution in [2.75, 3.05) is 12.3 Å². The molecule has 1 unspecified atom stereocenters. The number of sulfone groups is 1. The van der Waals surface area contributed by atoms with Gasteiger partial charge in [-0.3, -0.25) is 4.79 Å². The van der Waals surface area contributed by atoms with Crippen molar-refractivity contribution in [2.24, 2.45) is 0 Å². The molecule has 1 aliphatic heterocycles. The van der Waals surface area contributed by atoms with Crippen molar-refractivity contribution in [2.45, 2.75) is 25.0 Å². The van der Waals surface area contributed by atoms with Crippen LogP contribution in [0.25, 0.3) is 0 Å². The highest BCUT2D eigenvalue weighted by Gasteiger charge is 2.31. The minimum absolute atomic E-state index is 0.202. The SMILES string of the molecule is Cc1ccc(Br)cc1C(=O)NCC1CCCS1(=O)=O. The fourth-order valence-electron chi connectivity index (χ4n) is 2.23. The van der Waals surface area contributed by atoms with Gasteiger partial charge in [-0.1, -0.05) is 22.0 Å². The Kier molecular flexibility index (Phi) is 4.30. The maximum absolute atomic E-state index is 12.1. The lowest BCUT2D eigenvalue weighted by molar-refractivity contribution is 0.0953. The Morgan fingerprint density at radius 1 is 1.47 bits per heavy atom. The molecule has 0 bridgehead atoms. The van der Waals surface area contributed by atoms with Gasteiger partial charge in [0.15, 0.2) is 9.84 Å². The first-order valence-electron chi connectivity index (χ1n) is 6.16. The first-order chi connectivity index (χ1) is 8.90. The molecule has 6 heteroatoms. The van der Waals surface area contributed by atoms with Crippen LogP contribution < -0.4 is 5.32 Å². The molecule has 1 aliphatic rings. The number of halogens is 1. The van der Waals surface area contributed by atoms with E-state index in [0.717, 1.165) is 10.0 Å². The highest BCUT2D eigenvalue weighted by atomic mass is 79.9. The summed E-state index contributed by atoms with van der Waals surface area (Å²) < 4.78 is 24.2. The van der Waals surface area contributed by atoms with Crippen LogP contribution in [0.1, 0.15) is 28.8 Å². The Hall–Kier alpha value is -0.880. The number of carbonyl (C=O) groups excluding carboxylic acids is 1. The number of hydrogen-bond donors (Lipinski definition) is 1. The van der Waals surface area contributed by atoms with E-state index in [4.69, 9.17) is 0 Å². The molecule has 1 aromatic carbocycles. The van der Waals surface area contributed by atoms with Gasteiger partial charge in [0.05, 0.1) is 11.0 Å². The number of amides is 1. The second-order valence-corrected chi connectivity index (χ2v) is 8.12. The largest absolute Gasteiger partial charge is 0.351 e.